The molecule has 0 aliphatic rings. The highest BCUT2D eigenvalue weighted by Crippen LogP contribution is 2.14. The third-order valence-electron chi connectivity index (χ3n) is 4.10. The van der Waals surface area contributed by atoms with Crippen LogP contribution in [-0.2, 0) is 4.79 Å². The number of nitro groups is 1. The van der Waals surface area contributed by atoms with E-state index < -0.39 is 16.9 Å². The lowest BCUT2D eigenvalue weighted by Crippen LogP contribution is -2.46. The molecule has 0 aromatic heterocycles. The van der Waals surface area contributed by atoms with Crippen LogP contribution in [0.25, 0.3) is 0 Å². The monoisotopic (exact) mass is 385 g/mol. The minimum Gasteiger partial charge on any atom is -0.492 e. The van der Waals surface area contributed by atoms with E-state index in [2.05, 4.69) is 5.32 Å². The smallest absolute Gasteiger partial charge is 0.270 e. The number of likely N-dealkylation sites (N-methyl/N-ethyl adjacent to an activating group) is 1. The second kappa shape index (κ2) is 9.50. The molecule has 0 radical (unpaired) electrons. The molecule has 1 N–H and O–H groups in total. The van der Waals surface area contributed by atoms with Gasteiger partial charge in [-0.25, -0.2) is 0 Å². The van der Waals surface area contributed by atoms with Crippen LogP contribution in [0.3, 0.4) is 0 Å². The van der Waals surface area contributed by atoms with Gasteiger partial charge in [-0.2, -0.15) is 0 Å². The molecular formula is C20H23N3O5. The fourth-order valence-corrected chi connectivity index (χ4v) is 2.55. The number of ether oxygens (including phenoxy) is 1. The molecule has 1 unspecified atom stereocenters. The maximum Gasteiger partial charge on any atom is 0.270 e. The van der Waals surface area contributed by atoms with Gasteiger partial charge < -0.3 is 15.0 Å². The summed E-state index contributed by atoms with van der Waals surface area (Å²) >= 11 is 0. The molecule has 148 valence electrons. The fraction of sp³-hybridized carbons (Fsp3) is 0.300. The maximum absolute atomic E-state index is 12.4. The Morgan fingerprint density at radius 3 is 2.61 bits per heavy atom. The normalized spacial score (nSPS) is 11.4. The highest BCUT2D eigenvalue weighted by molar-refractivity contribution is 5.97. The van der Waals surface area contributed by atoms with Crippen molar-refractivity contribution < 1.29 is 19.2 Å². The summed E-state index contributed by atoms with van der Waals surface area (Å²) < 4.78 is 5.63. The van der Waals surface area contributed by atoms with Crippen LogP contribution in [0, 0.1) is 17.0 Å². The Labute approximate surface area is 163 Å². The summed E-state index contributed by atoms with van der Waals surface area (Å²) in [5.41, 5.74) is 1.02. The molecule has 8 nitrogen and oxygen atoms in total. The number of nitro benzene ring substituents is 1. The summed E-state index contributed by atoms with van der Waals surface area (Å²) in [4.78, 5) is 36.4. The Morgan fingerprint density at radius 2 is 1.93 bits per heavy atom. The summed E-state index contributed by atoms with van der Waals surface area (Å²) in [5, 5.41) is 13.4. The molecule has 2 amide bonds. The van der Waals surface area contributed by atoms with Gasteiger partial charge in [0, 0.05) is 24.7 Å². The molecule has 0 saturated carbocycles. The molecule has 0 spiro atoms. The number of carbonyl (C=O) groups excluding carboxylic acids is 2. The van der Waals surface area contributed by atoms with E-state index >= 15 is 0 Å². The van der Waals surface area contributed by atoms with Crippen LogP contribution in [0.1, 0.15) is 22.8 Å². The van der Waals surface area contributed by atoms with E-state index in [0.717, 1.165) is 11.3 Å². The molecule has 0 fully saturated rings. The molecule has 8 heteroatoms. The number of rotatable bonds is 8. The topological polar surface area (TPSA) is 102 Å². The second-order valence-corrected chi connectivity index (χ2v) is 6.43. The lowest BCUT2D eigenvalue weighted by Gasteiger charge is -2.22. The van der Waals surface area contributed by atoms with Crippen molar-refractivity contribution in [3.05, 3.63) is 69.8 Å². The van der Waals surface area contributed by atoms with Crippen molar-refractivity contribution in [2.45, 2.75) is 19.9 Å². The van der Waals surface area contributed by atoms with Crippen LogP contribution in [-0.4, -0.2) is 47.9 Å². The highest BCUT2D eigenvalue weighted by atomic mass is 16.6. The zero-order chi connectivity index (χ0) is 20.7. The van der Waals surface area contributed by atoms with Gasteiger partial charge in [-0.05, 0) is 37.6 Å². The number of amides is 2. The first kappa shape index (κ1) is 20.9. The van der Waals surface area contributed by atoms with Crippen molar-refractivity contribution in [3.8, 4) is 5.75 Å². The molecule has 1 atom stereocenters. The molecule has 2 aromatic carbocycles. The molecule has 28 heavy (non-hydrogen) atoms. The van der Waals surface area contributed by atoms with Crippen molar-refractivity contribution in [1.29, 1.82) is 0 Å². The van der Waals surface area contributed by atoms with Crippen LogP contribution in [0.4, 0.5) is 5.69 Å². The molecular weight excluding hydrogens is 362 g/mol. The fourth-order valence-electron chi connectivity index (χ4n) is 2.55. The zero-order valence-electron chi connectivity index (χ0n) is 16.0. The molecule has 2 aromatic rings. The van der Waals surface area contributed by atoms with Gasteiger partial charge in [0.25, 0.3) is 11.6 Å². The van der Waals surface area contributed by atoms with Crippen LogP contribution in [0.5, 0.6) is 5.75 Å². The number of benzene rings is 2. The highest BCUT2D eigenvalue weighted by Gasteiger charge is 2.21. The standard InChI is InChI=1S/C20H23N3O5/c1-14-6-4-9-18(12-14)28-11-10-22(3)20(25)15(2)21-19(24)16-7-5-8-17(13-16)23(26)27/h4-9,12-13,15H,10-11H2,1-3H3,(H,21,24). The first-order chi connectivity index (χ1) is 13.3. The zero-order valence-corrected chi connectivity index (χ0v) is 16.0. The van der Waals surface area contributed by atoms with Crippen LogP contribution in [0.2, 0.25) is 0 Å². The third kappa shape index (κ3) is 5.80. The first-order valence-corrected chi connectivity index (χ1v) is 8.77. The van der Waals surface area contributed by atoms with E-state index in [-0.39, 0.29) is 17.2 Å². The van der Waals surface area contributed by atoms with Crippen molar-refractivity contribution in [1.82, 2.24) is 10.2 Å². The van der Waals surface area contributed by atoms with Crippen LogP contribution < -0.4 is 10.1 Å². The number of non-ortho nitro benzene ring substituents is 1. The number of nitrogens with one attached hydrogen (secondary N) is 1. The van der Waals surface area contributed by atoms with Gasteiger partial charge in [-0.1, -0.05) is 18.2 Å². The summed E-state index contributed by atoms with van der Waals surface area (Å²) in [6.45, 7) is 4.20. The average Bonchev–Trinajstić information content (AvgIpc) is 2.67. The van der Waals surface area contributed by atoms with Crippen LogP contribution >= 0.6 is 0 Å². The SMILES string of the molecule is Cc1cccc(OCCN(C)C(=O)C(C)NC(=O)c2cccc([N+](=O)[O-])c2)c1. The Hall–Kier alpha value is -3.42. The first-order valence-electron chi connectivity index (χ1n) is 8.77. The molecule has 0 aliphatic heterocycles. The van der Waals surface area contributed by atoms with E-state index in [1.165, 1.54) is 29.2 Å². The van der Waals surface area contributed by atoms with Crippen LogP contribution in [0.15, 0.2) is 48.5 Å². The molecule has 0 bridgehead atoms. The Bertz CT molecular complexity index is 868. The Kier molecular flexibility index (Phi) is 7.08. The summed E-state index contributed by atoms with van der Waals surface area (Å²) in [7, 11) is 1.62. The third-order valence-corrected chi connectivity index (χ3v) is 4.10. The van der Waals surface area contributed by atoms with Gasteiger partial charge in [-0.15, -0.1) is 0 Å². The lowest BCUT2D eigenvalue weighted by molar-refractivity contribution is -0.384. The average molecular weight is 385 g/mol. The van der Waals surface area contributed by atoms with E-state index in [4.69, 9.17) is 4.74 Å². The number of carbonyl (C=O) groups is 2. The van der Waals surface area contributed by atoms with E-state index in [9.17, 15) is 19.7 Å². The minimum atomic E-state index is -0.782. The molecule has 0 saturated heterocycles. The van der Waals surface area contributed by atoms with E-state index in [0.29, 0.717) is 13.2 Å². The molecule has 0 aliphatic carbocycles. The van der Waals surface area contributed by atoms with Gasteiger partial charge in [0.05, 0.1) is 11.5 Å². The predicted octanol–water partition coefficient (Wildman–Crippen LogP) is 2.56. The van der Waals surface area contributed by atoms with E-state index in [1.807, 2.05) is 31.2 Å². The quantitative estimate of drug-likeness (QED) is 0.556. The lowest BCUT2D eigenvalue weighted by atomic mass is 10.1. The number of nitrogens with zero attached hydrogens (tertiary/aromatic N) is 2. The second-order valence-electron chi connectivity index (χ2n) is 6.43. The van der Waals surface area contributed by atoms with Gasteiger partial charge in [-0.3, -0.25) is 19.7 Å². The largest absolute Gasteiger partial charge is 0.492 e. The number of hydrogen-bond acceptors (Lipinski definition) is 5. The van der Waals surface area contributed by atoms with E-state index in [1.54, 1.807) is 14.0 Å². The Balaban J connectivity index is 1.86. The molecule has 2 rings (SSSR count). The van der Waals surface area contributed by atoms with Crippen molar-refractivity contribution in [2.75, 3.05) is 20.2 Å². The number of hydrogen-bond donors (Lipinski definition) is 1. The molecule has 0 heterocycles. The Morgan fingerprint density at radius 1 is 1.21 bits per heavy atom. The summed E-state index contributed by atoms with van der Waals surface area (Å²) in [6, 6.07) is 12.2. The predicted molar refractivity (Wildman–Crippen MR) is 104 cm³/mol. The maximum atomic E-state index is 12.4. The van der Waals surface area contributed by atoms with Gasteiger partial charge in [0.1, 0.15) is 18.4 Å². The van der Waals surface area contributed by atoms with Gasteiger partial charge in [0.15, 0.2) is 0 Å². The van der Waals surface area contributed by atoms with Crippen molar-refractivity contribution in [2.24, 2.45) is 0 Å². The number of aryl methyl sites for hydroxylation is 1. The summed E-state index contributed by atoms with van der Waals surface area (Å²) in [6.07, 6.45) is 0. The van der Waals surface area contributed by atoms with Crippen molar-refractivity contribution in [3.63, 3.8) is 0 Å². The minimum absolute atomic E-state index is 0.124. The van der Waals surface area contributed by atoms with Gasteiger partial charge in [0.2, 0.25) is 5.91 Å². The van der Waals surface area contributed by atoms with Crippen molar-refractivity contribution >= 4 is 17.5 Å². The van der Waals surface area contributed by atoms with Gasteiger partial charge >= 0.3 is 0 Å². The summed E-state index contributed by atoms with van der Waals surface area (Å²) in [5.74, 6) is -0.103.